The first-order valence-corrected chi connectivity index (χ1v) is 11.0. The number of nitrogens with one attached hydrogen (secondary N) is 3. The molecule has 5 rings (SSSR count). The van der Waals surface area contributed by atoms with Crippen LogP contribution < -0.4 is 26.0 Å². The van der Waals surface area contributed by atoms with Gasteiger partial charge in [0.05, 0.1) is 25.7 Å². The van der Waals surface area contributed by atoms with E-state index < -0.39 is 17.2 Å². The van der Waals surface area contributed by atoms with Crippen molar-refractivity contribution in [2.24, 2.45) is 0 Å². The Balaban J connectivity index is 1.61. The fourth-order valence-corrected chi connectivity index (χ4v) is 5.48. The van der Waals surface area contributed by atoms with E-state index in [1.807, 2.05) is 35.7 Å². The van der Waals surface area contributed by atoms with Crippen LogP contribution in [0.1, 0.15) is 40.7 Å². The van der Waals surface area contributed by atoms with Crippen LogP contribution in [0.2, 0.25) is 0 Å². The van der Waals surface area contributed by atoms with Crippen LogP contribution in [0.25, 0.3) is 0 Å². The van der Waals surface area contributed by atoms with Gasteiger partial charge < -0.3 is 14.8 Å². The zero-order valence-corrected chi connectivity index (χ0v) is 18.3. The number of fused-ring (bicyclic) bond motifs is 1. The first-order chi connectivity index (χ1) is 15.5. The monoisotopic (exact) mass is 451 g/mol. The molecule has 0 saturated heterocycles. The maximum absolute atomic E-state index is 13.5. The molecule has 164 valence electrons. The van der Waals surface area contributed by atoms with Crippen LogP contribution in [0.4, 0.5) is 5.82 Å². The average Bonchev–Trinajstić information content (AvgIpc) is 3.31. The Morgan fingerprint density at radius 1 is 1.00 bits per heavy atom. The number of ketones is 1. The van der Waals surface area contributed by atoms with Crippen molar-refractivity contribution in [3.05, 3.63) is 83.8 Å². The lowest BCUT2D eigenvalue weighted by molar-refractivity contribution is -0.116. The van der Waals surface area contributed by atoms with Gasteiger partial charge in [-0.25, -0.2) is 4.79 Å². The fourth-order valence-electron chi connectivity index (χ4n) is 4.63. The molecule has 0 fully saturated rings. The lowest BCUT2D eigenvalue weighted by atomic mass is 9.74. The second-order valence-electron chi connectivity index (χ2n) is 7.81. The quantitative estimate of drug-likeness (QED) is 0.562. The Morgan fingerprint density at radius 3 is 2.53 bits per heavy atom. The third-order valence-corrected chi connectivity index (χ3v) is 6.98. The number of H-pyrrole nitrogens is 2. The highest BCUT2D eigenvalue weighted by Crippen LogP contribution is 2.47. The van der Waals surface area contributed by atoms with Crippen molar-refractivity contribution in [2.75, 3.05) is 19.5 Å². The largest absolute Gasteiger partial charge is 0.493 e. The lowest BCUT2D eigenvalue weighted by Crippen LogP contribution is -2.36. The fraction of sp³-hybridized carbons (Fsp3) is 0.261. The van der Waals surface area contributed by atoms with Crippen molar-refractivity contribution < 1.29 is 14.3 Å². The summed E-state index contributed by atoms with van der Waals surface area (Å²) in [5.74, 6) is 0.961. The molecule has 2 aliphatic rings. The Bertz CT molecular complexity index is 1350. The molecule has 2 atom stereocenters. The van der Waals surface area contributed by atoms with Crippen molar-refractivity contribution >= 4 is 22.9 Å². The number of Topliss-reactive ketones (excluding diaryl/α,β-unsaturated/α-hetero) is 1. The van der Waals surface area contributed by atoms with Crippen LogP contribution in [0.5, 0.6) is 11.5 Å². The number of hydrogen-bond acceptors (Lipinski definition) is 7. The summed E-state index contributed by atoms with van der Waals surface area (Å²) in [6, 6.07) is 9.46. The molecule has 0 amide bonds. The third kappa shape index (κ3) is 3.25. The van der Waals surface area contributed by atoms with E-state index in [9.17, 15) is 14.4 Å². The van der Waals surface area contributed by atoms with E-state index in [1.165, 1.54) is 11.3 Å². The molecular weight excluding hydrogens is 430 g/mol. The number of anilines is 1. The van der Waals surface area contributed by atoms with Gasteiger partial charge >= 0.3 is 5.69 Å². The minimum Gasteiger partial charge on any atom is -0.493 e. The molecule has 8 nitrogen and oxygen atoms in total. The summed E-state index contributed by atoms with van der Waals surface area (Å²) in [4.78, 5) is 44.0. The van der Waals surface area contributed by atoms with Gasteiger partial charge in [0.25, 0.3) is 5.56 Å². The maximum atomic E-state index is 13.5. The first kappa shape index (κ1) is 20.3. The number of ether oxygens (including phenoxy) is 2. The molecule has 3 heterocycles. The summed E-state index contributed by atoms with van der Waals surface area (Å²) in [6.45, 7) is 0. The van der Waals surface area contributed by atoms with Gasteiger partial charge in [-0.05, 0) is 41.5 Å². The molecular formula is C23H21N3O5S. The number of benzene rings is 1. The summed E-state index contributed by atoms with van der Waals surface area (Å²) < 4.78 is 10.7. The second-order valence-corrected chi connectivity index (χ2v) is 8.78. The minimum atomic E-state index is -0.589. The lowest BCUT2D eigenvalue weighted by Gasteiger charge is -2.35. The van der Waals surface area contributed by atoms with Crippen molar-refractivity contribution in [2.45, 2.75) is 24.7 Å². The normalized spacial score (nSPS) is 19.8. The van der Waals surface area contributed by atoms with E-state index >= 15 is 0 Å². The second kappa shape index (κ2) is 7.83. The van der Waals surface area contributed by atoms with E-state index in [1.54, 1.807) is 14.2 Å². The van der Waals surface area contributed by atoms with Gasteiger partial charge in [0.1, 0.15) is 5.82 Å². The predicted octanol–water partition coefficient (Wildman–Crippen LogP) is 3.10. The van der Waals surface area contributed by atoms with Gasteiger partial charge in [0.2, 0.25) is 0 Å². The number of carbonyl (C=O) groups is 1. The number of hydrogen-bond donors (Lipinski definition) is 3. The molecule has 1 aromatic carbocycles. The number of aromatic amines is 2. The highest BCUT2D eigenvalue weighted by molar-refractivity contribution is 7.10. The topological polar surface area (TPSA) is 113 Å². The van der Waals surface area contributed by atoms with E-state index in [4.69, 9.17) is 9.47 Å². The van der Waals surface area contributed by atoms with Gasteiger partial charge in [-0.15, -0.1) is 11.3 Å². The highest BCUT2D eigenvalue weighted by atomic mass is 32.1. The van der Waals surface area contributed by atoms with Gasteiger partial charge in [-0.2, -0.15) is 0 Å². The van der Waals surface area contributed by atoms with Crippen LogP contribution in [0.3, 0.4) is 0 Å². The molecule has 0 spiro atoms. The summed E-state index contributed by atoms with van der Waals surface area (Å²) in [6.07, 6.45) is 0.876. The van der Waals surface area contributed by atoms with Gasteiger partial charge in [-0.3, -0.25) is 19.6 Å². The molecule has 3 aromatic rings. The Morgan fingerprint density at radius 2 is 1.81 bits per heavy atom. The van der Waals surface area contributed by atoms with E-state index in [-0.39, 0.29) is 11.7 Å². The molecule has 9 heteroatoms. The van der Waals surface area contributed by atoms with Crippen LogP contribution in [0, 0.1) is 0 Å². The minimum absolute atomic E-state index is 0.0202. The van der Waals surface area contributed by atoms with Crippen LogP contribution >= 0.6 is 11.3 Å². The Labute approximate surface area is 186 Å². The van der Waals surface area contributed by atoms with Crippen LogP contribution in [-0.2, 0) is 4.79 Å². The Kier molecular flexibility index (Phi) is 4.97. The molecule has 3 N–H and O–H groups in total. The third-order valence-electron chi connectivity index (χ3n) is 6.05. The maximum Gasteiger partial charge on any atom is 0.327 e. The number of thiophene rings is 1. The smallest absolute Gasteiger partial charge is 0.327 e. The number of aromatic nitrogens is 2. The summed E-state index contributed by atoms with van der Waals surface area (Å²) in [7, 11) is 3.16. The van der Waals surface area contributed by atoms with Crippen molar-refractivity contribution in [1.29, 1.82) is 0 Å². The van der Waals surface area contributed by atoms with Gasteiger partial charge in [0, 0.05) is 22.6 Å². The Hall–Kier alpha value is -3.59. The van der Waals surface area contributed by atoms with E-state index in [0.29, 0.717) is 41.3 Å². The SMILES string of the molecule is COc1ccc([C@@H]2CC(=O)C3=C(C2)Nc2[nH]c(=O)[nH]c(=O)c2[C@H]3c2cccs2)cc1OC. The number of carbonyl (C=O) groups excluding carboxylic acids is 1. The predicted molar refractivity (Wildman–Crippen MR) is 121 cm³/mol. The average molecular weight is 452 g/mol. The molecule has 32 heavy (non-hydrogen) atoms. The highest BCUT2D eigenvalue weighted by Gasteiger charge is 2.40. The van der Waals surface area contributed by atoms with Crippen molar-refractivity contribution in [3.8, 4) is 11.5 Å². The molecule has 0 radical (unpaired) electrons. The molecule has 0 bridgehead atoms. The standard InChI is InChI=1S/C23H21N3O5S/c1-30-15-6-5-11(10-16(15)31-2)12-8-13-18(14(27)9-12)19(17-4-3-7-32-17)20-21(24-13)25-23(29)26-22(20)28/h3-7,10,12,19H,8-9H2,1-2H3,(H3,24,25,26,28,29)/t12-,19-/m0/s1. The van der Waals surface area contributed by atoms with Crippen molar-refractivity contribution in [1.82, 2.24) is 9.97 Å². The number of methoxy groups -OCH3 is 2. The summed E-state index contributed by atoms with van der Waals surface area (Å²) >= 11 is 1.48. The molecule has 0 saturated carbocycles. The number of rotatable bonds is 4. The zero-order chi connectivity index (χ0) is 22.4. The van der Waals surface area contributed by atoms with Crippen molar-refractivity contribution in [3.63, 3.8) is 0 Å². The zero-order valence-electron chi connectivity index (χ0n) is 17.5. The first-order valence-electron chi connectivity index (χ1n) is 10.1. The van der Waals surface area contributed by atoms with Gasteiger partial charge in [-0.1, -0.05) is 12.1 Å². The van der Waals surface area contributed by atoms with E-state index in [0.717, 1.165) is 16.1 Å². The van der Waals surface area contributed by atoms with Crippen LogP contribution in [-0.4, -0.2) is 30.0 Å². The van der Waals surface area contributed by atoms with E-state index in [2.05, 4.69) is 15.3 Å². The molecule has 2 aromatic heterocycles. The molecule has 1 aliphatic carbocycles. The molecule has 1 aliphatic heterocycles. The summed E-state index contributed by atoms with van der Waals surface area (Å²) in [5, 5.41) is 5.10. The van der Waals surface area contributed by atoms with Gasteiger partial charge in [0.15, 0.2) is 17.3 Å². The summed E-state index contributed by atoms with van der Waals surface area (Å²) in [5.41, 5.74) is 1.57. The van der Waals surface area contributed by atoms with Crippen LogP contribution in [0.15, 0.2) is 56.6 Å². The molecule has 0 unspecified atom stereocenters. The number of allylic oxidation sites excluding steroid dienone is 2.